The lowest BCUT2D eigenvalue weighted by molar-refractivity contribution is 0.101. The topological polar surface area (TPSA) is 17.1 Å². The van der Waals surface area contributed by atoms with Crippen molar-refractivity contribution in [3.63, 3.8) is 0 Å². The van der Waals surface area contributed by atoms with E-state index in [1.165, 1.54) is 6.92 Å². The Morgan fingerprint density at radius 3 is 2.08 bits per heavy atom. The van der Waals surface area contributed by atoms with E-state index in [-0.39, 0.29) is 5.78 Å². The largest absolute Gasteiger partial charge is 0.295 e. The number of carbonyl (C=O) groups excluding carboxylic acids is 1. The van der Waals surface area contributed by atoms with Gasteiger partial charge in [-0.2, -0.15) is 0 Å². The maximum atomic E-state index is 10.9. The van der Waals surface area contributed by atoms with Crippen molar-refractivity contribution in [3.05, 3.63) is 35.4 Å². The average Bonchev–Trinajstić information content (AvgIpc) is 2.04. The summed E-state index contributed by atoms with van der Waals surface area (Å²) < 4.78 is 0. The van der Waals surface area contributed by atoms with E-state index in [2.05, 4.69) is 0 Å². The fraction of sp³-hybridized carbons (Fsp3) is 0.222. The second-order valence-corrected chi connectivity index (χ2v) is 3.58. The number of halogens is 2. The second kappa shape index (κ2) is 3.92. The highest BCUT2D eigenvalue weighted by Crippen LogP contribution is 2.24. The van der Waals surface area contributed by atoms with E-state index in [0.717, 1.165) is 5.56 Å². The van der Waals surface area contributed by atoms with Crippen LogP contribution in [0.25, 0.3) is 0 Å². The third-order valence-corrected chi connectivity index (χ3v) is 2.07. The first-order valence-corrected chi connectivity index (χ1v) is 4.37. The summed E-state index contributed by atoms with van der Waals surface area (Å²) >= 11 is 11.2. The molecule has 0 amide bonds. The Balaban J connectivity index is 2.93. The van der Waals surface area contributed by atoms with Crippen molar-refractivity contribution in [1.29, 1.82) is 0 Å². The molecule has 0 aliphatic heterocycles. The lowest BCUT2D eigenvalue weighted by Gasteiger charge is -2.01. The lowest BCUT2D eigenvalue weighted by atomic mass is 10.1. The van der Waals surface area contributed by atoms with Gasteiger partial charge in [-0.25, -0.2) is 0 Å². The highest BCUT2D eigenvalue weighted by atomic mass is 35.5. The first-order valence-electron chi connectivity index (χ1n) is 3.50. The van der Waals surface area contributed by atoms with E-state index >= 15 is 0 Å². The molecule has 0 bridgehead atoms. The lowest BCUT2D eigenvalue weighted by Crippen LogP contribution is -1.91. The van der Waals surface area contributed by atoms with Gasteiger partial charge in [0.15, 0.2) is 5.78 Å². The summed E-state index contributed by atoms with van der Waals surface area (Å²) in [4.78, 5) is 10.3. The van der Waals surface area contributed by atoms with Crippen LogP contribution < -0.4 is 0 Å². The summed E-state index contributed by atoms with van der Waals surface area (Å²) in [6, 6.07) is 6.94. The van der Waals surface area contributed by atoms with Crippen LogP contribution in [0.5, 0.6) is 0 Å². The zero-order valence-electron chi connectivity index (χ0n) is 6.55. The minimum absolute atomic E-state index is 0.0437. The summed E-state index contributed by atoms with van der Waals surface area (Å²) in [5.41, 5.74) is 1.48. The summed E-state index contributed by atoms with van der Waals surface area (Å²) in [6.07, 6.45) is 0. The molecule has 0 aliphatic carbocycles. The minimum Gasteiger partial charge on any atom is -0.295 e. The van der Waals surface area contributed by atoms with Crippen LogP contribution in [0.3, 0.4) is 0 Å². The molecule has 0 unspecified atom stereocenters. The molecule has 3 heteroatoms. The molecule has 12 heavy (non-hydrogen) atoms. The van der Waals surface area contributed by atoms with Gasteiger partial charge in [0.25, 0.3) is 0 Å². The van der Waals surface area contributed by atoms with Gasteiger partial charge in [0.05, 0.1) is 0 Å². The highest BCUT2D eigenvalue weighted by molar-refractivity contribution is 6.44. The number of benzene rings is 1. The summed E-state index contributed by atoms with van der Waals surface area (Å²) in [7, 11) is 0. The van der Waals surface area contributed by atoms with E-state index in [4.69, 9.17) is 23.2 Å². The predicted molar refractivity (Wildman–Crippen MR) is 50.9 cm³/mol. The van der Waals surface area contributed by atoms with E-state index in [9.17, 15) is 4.79 Å². The van der Waals surface area contributed by atoms with Crippen molar-refractivity contribution in [2.24, 2.45) is 0 Å². The van der Waals surface area contributed by atoms with Crippen LogP contribution in [0.1, 0.15) is 27.7 Å². The van der Waals surface area contributed by atoms with Crippen molar-refractivity contribution in [3.8, 4) is 0 Å². The van der Waals surface area contributed by atoms with Gasteiger partial charge in [0.2, 0.25) is 0 Å². The number of alkyl halides is 2. The van der Waals surface area contributed by atoms with Crippen LogP contribution in [0.4, 0.5) is 0 Å². The molecular formula is C9H8Cl2O. The predicted octanol–water partition coefficient (Wildman–Crippen LogP) is 3.37. The molecule has 0 heterocycles. The van der Waals surface area contributed by atoms with Gasteiger partial charge in [-0.15, -0.1) is 23.2 Å². The molecule has 0 saturated carbocycles. The van der Waals surface area contributed by atoms with E-state index in [0.29, 0.717) is 5.56 Å². The Morgan fingerprint density at radius 2 is 1.75 bits per heavy atom. The van der Waals surface area contributed by atoms with Gasteiger partial charge in [0.1, 0.15) is 4.84 Å². The first-order chi connectivity index (χ1) is 5.61. The number of Topliss-reactive ketones (excluding diaryl/α,β-unsaturated/α-hetero) is 1. The average molecular weight is 203 g/mol. The van der Waals surface area contributed by atoms with Gasteiger partial charge >= 0.3 is 0 Å². The molecule has 0 atom stereocenters. The standard InChI is InChI=1S/C9H8Cl2O/c1-6(12)7-2-4-8(5-3-7)9(10)11/h2-5,9H,1H3. The van der Waals surface area contributed by atoms with Gasteiger partial charge in [-0.1, -0.05) is 24.3 Å². The van der Waals surface area contributed by atoms with Crippen molar-refractivity contribution in [1.82, 2.24) is 0 Å². The zero-order chi connectivity index (χ0) is 9.14. The van der Waals surface area contributed by atoms with Crippen LogP contribution in [0, 0.1) is 0 Å². The Labute approximate surface area is 81.3 Å². The van der Waals surface area contributed by atoms with Crippen molar-refractivity contribution >= 4 is 29.0 Å². The SMILES string of the molecule is CC(=O)c1ccc(C(Cl)Cl)cc1. The molecule has 0 N–H and O–H groups in total. The van der Waals surface area contributed by atoms with Gasteiger partial charge < -0.3 is 0 Å². The maximum absolute atomic E-state index is 10.9. The molecule has 1 nitrogen and oxygen atoms in total. The highest BCUT2D eigenvalue weighted by Gasteiger charge is 2.03. The number of rotatable bonds is 2. The Kier molecular flexibility index (Phi) is 3.12. The van der Waals surface area contributed by atoms with Crippen LogP contribution in [-0.2, 0) is 0 Å². The third kappa shape index (κ3) is 2.23. The van der Waals surface area contributed by atoms with E-state index < -0.39 is 4.84 Å². The van der Waals surface area contributed by atoms with Crippen molar-refractivity contribution in [2.75, 3.05) is 0 Å². The maximum Gasteiger partial charge on any atom is 0.159 e. The Hall–Kier alpha value is -0.530. The zero-order valence-corrected chi connectivity index (χ0v) is 8.06. The Morgan fingerprint density at radius 1 is 1.25 bits per heavy atom. The summed E-state index contributed by atoms with van der Waals surface area (Å²) in [6.45, 7) is 1.52. The van der Waals surface area contributed by atoms with Crippen molar-refractivity contribution < 1.29 is 4.79 Å². The fourth-order valence-electron chi connectivity index (χ4n) is 0.863. The van der Waals surface area contributed by atoms with Gasteiger partial charge in [-0.05, 0) is 12.5 Å². The molecule has 0 spiro atoms. The molecule has 0 saturated heterocycles. The molecule has 0 radical (unpaired) electrons. The smallest absolute Gasteiger partial charge is 0.159 e. The van der Waals surface area contributed by atoms with Crippen LogP contribution >= 0.6 is 23.2 Å². The number of hydrogen-bond donors (Lipinski definition) is 0. The second-order valence-electron chi connectivity index (χ2n) is 2.48. The molecule has 0 aromatic heterocycles. The molecule has 1 aromatic rings. The van der Waals surface area contributed by atoms with Gasteiger partial charge in [0, 0.05) is 5.56 Å². The summed E-state index contributed by atoms with van der Waals surface area (Å²) in [5, 5.41) is 0. The van der Waals surface area contributed by atoms with Crippen LogP contribution in [-0.4, -0.2) is 5.78 Å². The first kappa shape index (κ1) is 9.56. The minimum atomic E-state index is -0.522. The monoisotopic (exact) mass is 202 g/mol. The van der Waals surface area contributed by atoms with Crippen LogP contribution in [0.2, 0.25) is 0 Å². The summed E-state index contributed by atoms with van der Waals surface area (Å²) in [5.74, 6) is 0.0437. The number of hydrogen-bond acceptors (Lipinski definition) is 1. The van der Waals surface area contributed by atoms with Crippen molar-refractivity contribution in [2.45, 2.75) is 11.8 Å². The third-order valence-electron chi connectivity index (χ3n) is 1.57. The van der Waals surface area contributed by atoms with E-state index in [1.807, 2.05) is 0 Å². The molecule has 1 rings (SSSR count). The normalized spacial score (nSPS) is 10.3. The number of carbonyl (C=O) groups is 1. The van der Waals surface area contributed by atoms with E-state index in [1.54, 1.807) is 24.3 Å². The Bertz CT molecular complexity index is 277. The molecule has 64 valence electrons. The molecular weight excluding hydrogens is 195 g/mol. The van der Waals surface area contributed by atoms with Crippen LogP contribution in [0.15, 0.2) is 24.3 Å². The quantitative estimate of drug-likeness (QED) is 0.532. The van der Waals surface area contributed by atoms with Gasteiger partial charge in [-0.3, -0.25) is 4.79 Å². The molecule has 0 fully saturated rings. The molecule has 0 aliphatic rings. The number of ketones is 1. The fourth-order valence-corrected chi connectivity index (χ4v) is 1.15. The molecule has 1 aromatic carbocycles.